The van der Waals surface area contributed by atoms with Gasteiger partial charge in [-0.3, -0.25) is 0 Å². The summed E-state index contributed by atoms with van der Waals surface area (Å²) >= 11 is 0. The molecule has 0 atom stereocenters. The fourth-order valence-corrected chi connectivity index (χ4v) is 2.54. The van der Waals surface area contributed by atoms with E-state index in [1.54, 1.807) is 12.1 Å². The Kier molecular flexibility index (Phi) is 9.04. The van der Waals surface area contributed by atoms with Crippen molar-refractivity contribution in [3.63, 3.8) is 0 Å². The predicted molar refractivity (Wildman–Crippen MR) is 90.5 cm³/mol. The Bertz CT molecular complexity index is 478. The van der Waals surface area contributed by atoms with Crippen molar-refractivity contribution in [1.82, 2.24) is 0 Å². The molecule has 0 saturated carbocycles. The van der Waals surface area contributed by atoms with E-state index >= 15 is 0 Å². The largest absolute Gasteiger partial charge is 0.507 e. The molecule has 2 N–H and O–H groups in total. The van der Waals surface area contributed by atoms with Gasteiger partial charge in [0.05, 0.1) is 0 Å². The van der Waals surface area contributed by atoms with Crippen LogP contribution in [-0.2, 0) is 6.42 Å². The van der Waals surface area contributed by atoms with Crippen LogP contribution in [0.2, 0.25) is 0 Å². The second-order valence-electron chi connectivity index (χ2n) is 5.68. The van der Waals surface area contributed by atoms with E-state index in [0.29, 0.717) is 6.42 Å². The van der Waals surface area contributed by atoms with Crippen molar-refractivity contribution in [1.29, 1.82) is 0 Å². The second-order valence-corrected chi connectivity index (χ2v) is 5.68. The maximum atomic E-state index is 11.2. The minimum absolute atomic E-state index is 0.0500. The highest BCUT2D eigenvalue weighted by Gasteiger charge is 2.14. The molecule has 3 nitrogen and oxygen atoms in total. The van der Waals surface area contributed by atoms with Gasteiger partial charge < -0.3 is 10.2 Å². The first-order chi connectivity index (χ1) is 10.7. The molecule has 22 heavy (non-hydrogen) atoms. The lowest BCUT2D eigenvalue weighted by atomic mass is 10.0. The molecule has 0 fully saturated rings. The number of phenols is 1. The zero-order valence-electron chi connectivity index (χ0n) is 13.6. The van der Waals surface area contributed by atoms with Gasteiger partial charge in [-0.1, -0.05) is 50.5 Å². The second kappa shape index (κ2) is 10.9. The lowest BCUT2D eigenvalue weighted by Gasteiger charge is -2.07. The van der Waals surface area contributed by atoms with E-state index in [-0.39, 0.29) is 11.3 Å². The van der Waals surface area contributed by atoms with Crippen LogP contribution in [0.4, 0.5) is 0 Å². The monoisotopic (exact) mass is 304 g/mol. The van der Waals surface area contributed by atoms with E-state index in [9.17, 15) is 9.90 Å². The lowest BCUT2D eigenvalue weighted by Crippen LogP contribution is -2.03. The van der Waals surface area contributed by atoms with Crippen molar-refractivity contribution >= 4 is 5.97 Å². The quantitative estimate of drug-likeness (QED) is 0.429. The van der Waals surface area contributed by atoms with E-state index in [1.807, 2.05) is 0 Å². The van der Waals surface area contributed by atoms with E-state index in [0.717, 1.165) is 31.2 Å². The topological polar surface area (TPSA) is 57.5 Å². The number of hydrogen-bond acceptors (Lipinski definition) is 2. The maximum Gasteiger partial charge on any atom is 0.339 e. The smallest absolute Gasteiger partial charge is 0.339 e. The number of hydrogen-bond donors (Lipinski definition) is 2. The average Bonchev–Trinajstić information content (AvgIpc) is 2.48. The number of aromatic carboxylic acids is 1. The van der Waals surface area contributed by atoms with E-state index in [4.69, 9.17) is 5.11 Å². The third kappa shape index (κ3) is 6.79. The van der Waals surface area contributed by atoms with Crippen molar-refractivity contribution in [3.8, 4) is 5.75 Å². The fourth-order valence-electron chi connectivity index (χ4n) is 2.54. The molecule has 0 unspecified atom stereocenters. The number of rotatable bonds is 11. The van der Waals surface area contributed by atoms with E-state index in [1.165, 1.54) is 31.7 Å². The van der Waals surface area contributed by atoms with Gasteiger partial charge in [-0.15, -0.1) is 0 Å². The Balaban J connectivity index is 2.24. The van der Waals surface area contributed by atoms with Crippen LogP contribution in [0.1, 0.15) is 74.2 Å². The third-order valence-corrected chi connectivity index (χ3v) is 3.80. The molecular formula is C19H28O3. The molecule has 0 aliphatic heterocycles. The van der Waals surface area contributed by atoms with Gasteiger partial charge in [-0.2, -0.15) is 0 Å². The standard InChI is InChI=1S/C19H28O3/c1-2-3-4-5-6-7-8-9-10-11-13-16-14-12-15-17(20)18(16)19(21)22/h7-8,12,14-15,20H,2-6,9-11,13H2,1H3,(H,21,22). The van der Waals surface area contributed by atoms with E-state index < -0.39 is 5.97 Å². The summed E-state index contributed by atoms with van der Waals surface area (Å²) in [5.74, 6) is -1.20. The molecule has 3 heteroatoms. The molecule has 0 radical (unpaired) electrons. The van der Waals surface area contributed by atoms with Crippen LogP contribution >= 0.6 is 0 Å². The summed E-state index contributed by atoms with van der Waals surface area (Å²) in [6.45, 7) is 2.22. The van der Waals surface area contributed by atoms with Crippen molar-refractivity contribution in [2.45, 2.75) is 64.7 Å². The van der Waals surface area contributed by atoms with Crippen LogP contribution in [0.5, 0.6) is 5.75 Å². The van der Waals surface area contributed by atoms with Crippen molar-refractivity contribution in [2.24, 2.45) is 0 Å². The number of carboxylic acids is 1. The summed E-state index contributed by atoms with van der Waals surface area (Å²) in [5, 5.41) is 18.8. The summed E-state index contributed by atoms with van der Waals surface area (Å²) in [7, 11) is 0. The summed E-state index contributed by atoms with van der Waals surface area (Å²) in [4.78, 5) is 11.2. The molecule has 0 aliphatic rings. The van der Waals surface area contributed by atoms with E-state index in [2.05, 4.69) is 19.1 Å². The van der Waals surface area contributed by atoms with Gasteiger partial charge in [-0.05, 0) is 50.2 Å². The third-order valence-electron chi connectivity index (χ3n) is 3.80. The number of carbonyl (C=O) groups is 1. The van der Waals surface area contributed by atoms with Crippen molar-refractivity contribution < 1.29 is 15.0 Å². The first kappa shape index (κ1) is 18.3. The maximum absolute atomic E-state index is 11.2. The van der Waals surface area contributed by atoms with Gasteiger partial charge in [0.2, 0.25) is 0 Å². The van der Waals surface area contributed by atoms with Gasteiger partial charge in [0.1, 0.15) is 11.3 Å². The molecule has 1 aromatic rings. The minimum atomic E-state index is -1.06. The van der Waals surface area contributed by atoms with Crippen LogP contribution in [0, 0.1) is 0 Å². The van der Waals surface area contributed by atoms with Crippen LogP contribution < -0.4 is 0 Å². The molecule has 0 bridgehead atoms. The summed E-state index contributed by atoms with van der Waals surface area (Å²) in [6.07, 6.45) is 14.5. The molecule has 0 heterocycles. The molecule has 122 valence electrons. The zero-order chi connectivity index (χ0) is 16.2. The first-order valence-corrected chi connectivity index (χ1v) is 8.36. The number of allylic oxidation sites excluding steroid dienone is 2. The Morgan fingerprint density at radius 2 is 1.73 bits per heavy atom. The molecule has 0 spiro atoms. The van der Waals surface area contributed by atoms with Gasteiger partial charge in [0.15, 0.2) is 0 Å². The lowest BCUT2D eigenvalue weighted by molar-refractivity contribution is 0.0692. The highest BCUT2D eigenvalue weighted by atomic mass is 16.4. The summed E-state index contributed by atoms with van der Waals surface area (Å²) in [6, 6.07) is 4.91. The number of unbranched alkanes of at least 4 members (excludes halogenated alkanes) is 6. The van der Waals surface area contributed by atoms with Crippen LogP contribution in [0.15, 0.2) is 30.4 Å². The fraction of sp³-hybridized carbons (Fsp3) is 0.526. The van der Waals surface area contributed by atoms with Crippen LogP contribution in [0.25, 0.3) is 0 Å². The normalized spacial score (nSPS) is 11.1. The van der Waals surface area contributed by atoms with Crippen LogP contribution in [-0.4, -0.2) is 16.2 Å². The Morgan fingerprint density at radius 1 is 1.05 bits per heavy atom. The SMILES string of the molecule is CCCCCCC=CCCCCc1cccc(O)c1C(=O)O. The summed E-state index contributed by atoms with van der Waals surface area (Å²) < 4.78 is 0. The molecular weight excluding hydrogens is 276 g/mol. The molecule has 0 aromatic heterocycles. The molecule has 1 aromatic carbocycles. The van der Waals surface area contributed by atoms with Crippen molar-refractivity contribution in [3.05, 3.63) is 41.5 Å². The Hall–Kier alpha value is -1.77. The minimum Gasteiger partial charge on any atom is -0.507 e. The zero-order valence-corrected chi connectivity index (χ0v) is 13.6. The number of carboxylic acid groups (broad SMARTS) is 1. The van der Waals surface area contributed by atoms with Crippen LogP contribution in [0.3, 0.4) is 0 Å². The molecule has 1 rings (SSSR count). The van der Waals surface area contributed by atoms with Gasteiger partial charge in [0, 0.05) is 0 Å². The first-order valence-electron chi connectivity index (χ1n) is 8.36. The Labute approximate surface area is 133 Å². The average molecular weight is 304 g/mol. The van der Waals surface area contributed by atoms with Crippen molar-refractivity contribution in [2.75, 3.05) is 0 Å². The molecule has 0 amide bonds. The molecule has 0 aliphatic carbocycles. The van der Waals surface area contributed by atoms with Gasteiger partial charge >= 0.3 is 5.97 Å². The molecule has 0 saturated heterocycles. The summed E-state index contributed by atoms with van der Waals surface area (Å²) in [5.41, 5.74) is 0.769. The highest BCUT2D eigenvalue weighted by molar-refractivity contribution is 5.92. The Morgan fingerprint density at radius 3 is 2.36 bits per heavy atom. The highest BCUT2D eigenvalue weighted by Crippen LogP contribution is 2.22. The van der Waals surface area contributed by atoms with Gasteiger partial charge in [-0.25, -0.2) is 4.79 Å². The number of aryl methyl sites for hydroxylation is 1. The predicted octanol–water partition coefficient (Wildman–Crippen LogP) is 5.33. The number of benzene rings is 1. The number of aromatic hydroxyl groups is 1. The van der Waals surface area contributed by atoms with Gasteiger partial charge in [0.25, 0.3) is 0 Å².